The molecule has 1 aromatic heterocycles. The number of hydrogen-bond donors (Lipinski definition) is 1. The molecule has 7 heteroatoms. The molecule has 1 aliphatic rings. The second-order valence-electron chi connectivity index (χ2n) is 7.88. The van der Waals surface area contributed by atoms with Crippen molar-refractivity contribution in [3.8, 4) is 5.75 Å². The number of para-hydroxylation sites is 2. The van der Waals surface area contributed by atoms with Gasteiger partial charge in [-0.3, -0.25) is 4.79 Å². The van der Waals surface area contributed by atoms with E-state index in [4.69, 9.17) is 4.74 Å². The van der Waals surface area contributed by atoms with Gasteiger partial charge in [-0.15, -0.1) is 0 Å². The van der Waals surface area contributed by atoms with Gasteiger partial charge in [0, 0.05) is 31.0 Å². The lowest BCUT2D eigenvalue weighted by Crippen LogP contribution is -2.48. The number of nitrogens with one attached hydrogen (secondary N) is 1. The van der Waals surface area contributed by atoms with Crippen LogP contribution in [0.15, 0.2) is 42.6 Å². The van der Waals surface area contributed by atoms with Crippen LogP contribution >= 0.6 is 0 Å². The molecule has 0 aliphatic heterocycles. The lowest BCUT2D eigenvalue weighted by atomic mass is 10.2. The first-order chi connectivity index (χ1) is 14.4. The summed E-state index contributed by atoms with van der Waals surface area (Å²) in [4.78, 5) is 29.9. The maximum Gasteiger partial charge on any atom is 0.322 e. The molecule has 1 N–H and O–H groups in total. The van der Waals surface area contributed by atoms with Crippen LogP contribution in [-0.2, 0) is 18.4 Å². The van der Waals surface area contributed by atoms with E-state index in [1.54, 1.807) is 24.1 Å². The van der Waals surface area contributed by atoms with Gasteiger partial charge in [-0.2, -0.15) is 0 Å². The smallest absolute Gasteiger partial charge is 0.322 e. The van der Waals surface area contributed by atoms with E-state index in [0.717, 1.165) is 25.0 Å². The molecule has 1 saturated carbocycles. The highest BCUT2D eigenvalue weighted by molar-refractivity contribution is 5.93. The zero-order chi connectivity index (χ0) is 21.7. The molecule has 7 nitrogen and oxygen atoms in total. The Morgan fingerprint density at radius 3 is 2.57 bits per heavy atom. The molecule has 1 fully saturated rings. The van der Waals surface area contributed by atoms with Crippen LogP contribution in [0.2, 0.25) is 0 Å². The van der Waals surface area contributed by atoms with E-state index in [-0.39, 0.29) is 30.6 Å². The van der Waals surface area contributed by atoms with Gasteiger partial charge < -0.3 is 24.4 Å². The number of methoxy groups -OCH3 is 1. The molecule has 0 saturated heterocycles. The number of carbonyl (C=O) groups is 2. The van der Waals surface area contributed by atoms with E-state index in [2.05, 4.69) is 5.32 Å². The number of rotatable bonds is 9. The van der Waals surface area contributed by atoms with Crippen molar-refractivity contribution in [2.45, 2.75) is 51.7 Å². The third kappa shape index (κ3) is 5.14. The Bertz CT molecular complexity index is 875. The molecule has 0 spiro atoms. The van der Waals surface area contributed by atoms with Gasteiger partial charge in [0.1, 0.15) is 12.3 Å². The third-order valence-electron chi connectivity index (χ3n) is 5.73. The van der Waals surface area contributed by atoms with Crippen molar-refractivity contribution >= 4 is 17.6 Å². The third-order valence-corrected chi connectivity index (χ3v) is 5.73. The number of ether oxygens (including phenoxy) is 1. The molecule has 1 aromatic carbocycles. The SMILES string of the molecule is CCC(C)N(CC(=O)N(Cc1cccn1C)C1CC1)C(=O)Nc1ccccc1OC. The summed E-state index contributed by atoms with van der Waals surface area (Å²) in [5.74, 6) is 0.568. The average molecular weight is 413 g/mol. The van der Waals surface area contributed by atoms with Crippen molar-refractivity contribution in [2.75, 3.05) is 19.0 Å². The Labute approximate surface area is 178 Å². The number of aromatic nitrogens is 1. The Morgan fingerprint density at radius 1 is 1.23 bits per heavy atom. The summed E-state index contributed by atoms with van der Waals surface area (Å²) in [7, 11) is 3.55. The summed E-state index contributed by atoms with van der Waals surface area (Å²) in [6.07, 6.45) is 4.78. The van der Waals surface area contributed by atoms with Crippen LogP contribution in [0.3, 0.4) is 0 Å². The summed E-state index contributed by atoms with van der Waals surface area (Å²) in [5, 5.41) is 2.91. The van der Waals surface area contributed by atoms with E-state index in [9.17, 15) is 9.59 Å². The number of amides is 3. The van der Waals surface area contributed by atoms with Gasteiger partial charge in [0.2, 0.25) is 5.91 Å². The number of aryl methyl sites for hydroxylation is 1. The van der Waals surface area contributed by atoms with Crippen LogP contribution in [0.25, 0.3) is 0 Å². The Morgan fingerprint density at radius 2 is 1.97 bits per heavy atom. The van der Waals surface area contributed by atoms with Gasteiger partial charge in [-0.25, -0.2) is 4.79 Å². The first kappa shape index (κ1) is 21.7. The first-order valence-electron chi connectivity index (χ1n) is 10.5. The van der Waals surface area contributed by atoms with E-state index < -0.39 is 0 Å². The quantitative estimate of drug-likeness (QED) is 0.680. The number of urea groups is 1. The number of anilines is 1. The van der Waals surface area contributed by atoms with Crippen molar-refractivity contribution in [2.24, 2.45) is 7.05 Å². The standard InChI is InChI=1S/C23H32N4O3/c1-5-17(2)26(23(29)24-20-10-6-7-11-21(20)30-4)16-22(28)27(18-12-13-18)15-19-9-8-14-25(19)3/h6-11,14,17-18H,5,12-13,15-16H2,1-4H3,(H,24,29). The summed E-state index contributed by atoms with van der Waals surface area (Å²) in [6, 6.07) is 11.2. The van der Waals surface area contributed by atoms with Crippen molar-refractivity contribution < 1.29 is 14.3 Å². The second kappa shape index (κ2) is 9.69. The zero-order valence-electron chi connectivity index (χ0n) is 18.3. The van der Waals surface area contributed by atoms with Crippen LogP contribution in [0.4, 0.5) is 10.5 Å². The molecular formula is C23H32N4O3. The molecule has 1 unspecified atom stereocenters. The number of benzene rings is 1. The Balaban J connectivity index is 1.73. The van der Waals surface area contributed by atoms with Gasteiger partial charge in [0.25, 0.3) is 0 Å². The minimum absolute atomic E-state index is 0.0193. The van der Waals surface area contributed by atoms with Crippen LogP contribution in [0, 0.1) is 0 Å². The normalized spacial score (nSPS) is 14.1. The fraction of sp³-hybridized carbons (Fsp3) is 0.478. The monoisotopic (exact) mass is 412 g/mol. The van der Waals surface area contributed by atoms with Crippen LogP contribution < -0.4 is 10.1 Å². The molecule has 0 radical (unpaired) electrons. The fourth-order valence-electron chi connectivity index (χ4n) is 3.46. The second-order valence-corrected chi connectivity index (χ2v) is 7.88. The predicted molar refractivity (Wildman–Crippen MR) is 117 cm³/mol. The zero-order valence-corrected chi connectivity index (χ0v) is 18.3. The first-order valence-corrected chi connectivity index (χ1v) is 10.5. The molecular weight excluding hydrogens is 380 g/mol. The maximum atomic E-state index is 13.2. The van der Waals surface area contributed by atoms with Crippen molar-refractivity contribution in [3.05, 3.63) is 48.3 Å². The molecule has 0 bridgehead atoms. The molecule has 1 aliphatic carbocycles. The number of hydrogen-bond acceptors (Lipinski definition) is 3. The maximum absolute atomic E-state index is 13.2. The molecule has 3 amide bonds. The van der Waals surface area contributed by atoms with Crippen molar-refractivity contribution in [3.63, 3.8) is 0 Å². The van der Waals surface area contributed by atoms with E-state index in [1.165, 1.54) is 0 Å². The molecule has 162 valence electrons. The summed E-state index contributed by atoms with van der Waals surface area (Å²) < 4.78 is 7.36. The molecule has 1 heterocycles. The lowest BCUT2D eigenvalue weighted by Gasteiger charge is -2.31. The minimum atomic E-state index is -0.295. The van der Waals surface area contributed by atoms with E-state index in [0.29, 0.717) is 18.0 Å². The van der Waals surface area contributed by atoms with E-state index in [1.807, 2.05) is 60.8 Å². The summed E-state index contributed by atoms with van der Waals surface area (Å²) >= 11 is 0. The van der Waals surface area contributed by atoms with Crippen molar-refractivity contribution in [1.82, 2.24) is 14.4 Å². The largest absolute Gasteiger partial charge is 0.495 e. The molecule has 1 atom stereocenters. The van der Waals surface area contributed by atoms with E-state index >= 15 is 0 Å². The predicted octanol–water partition coefficient (Wildman–Crippen LogP) is 3.86. The van der Waals surface area contributed by atoms with Crippen molar-refractivity contribution in [1.29, 1.82) is 0 Å². The summed E-state index contributed by atoms with van der Waals surface area (Å²) in [6.45, 7) is 4.60. The minimum Gasteiger partial charge on any atom is -0.495 e. The fourth-order valence-corrected chi connectivity index (χ4v) is 3.46. The van der Waals surface area contributed by atoms with Gasteiger partial charge in [-0.1, -0.05) is 19.1 Å². The average Bonchev–Trinajstić information content (AvgIpc) is 3.51. The van der Waals surface area contributed by atoms with Gasteiger partial charge in [-0.05, 0) is 50.5 Å². The number of nitrogens with zero attached hydrogens (tertiary/aromatic N) is 3. The molecule has 30 heavy (non-hydrogen) atoms. The van der Waals surface area contributed by atoms with Gasteiger partial charge in [0.05, 0.1) is 19.3 Å². The van der Waals surface area contributed by atoms with Gasteiger partial charge >= 0.3 is 6.03 Å². The topological polar surface area (TPSA) is 66.8 Å². The Kier molecular flexibility index (Phi) is 7.03. The highest BCUT2D eigenvalue weighted by Crippen LogP contribution is 2.29. The lowest BCUT2D eigenvalue weighted by molar-refractivity contribution is -0.133. The molecule has 3 rings (SSSR count). The van der Waals surface area contributed by atoms with Crippen LogP contribution in [-0.4, -0.2) is 52.0 Å². The van der Waals surface area contributed by atoms with Gasteiger partial charge in [0.15, 0.2) is 0 Å². The molecule has 2 aromatic rings. The van der Waals surface area contributed by atoms with Crippen LogP contribution in [0.5, 0.6) is 5.75 Å². The highest BCUT2D eigenvalue weighted by Gasteiger charge is 2.35. The summed E-state index contributed by atoms with van der Waals surface area (Å²) in [5.41, 5.74) is 1.68. The Hall–Kier alpha value is -2.96. The highest BCUT2D eigenvalue weighted by atomic mass is 16.5. The van der Waals surface area contributed by atoms with Crippen LogP contribution in [0.1, 0.15) is 38.8 Å². The number of carbonyl (C=O) groups excluding carboxylic acids is 2.